The second-order valence-electron chi connectivity index (χ2n) is 5.40. The van der Waals surface area contributed by atoms with Gasteiger partial charge < -0.3 is 32.9 Å². The van der Waals surface area contributed by atoms with Gasteiger partial charge in [-0.1, -0.05) is 13.8 Å². The van der Waals surface area contributed by atoms with Crippen LogP contribution in [0.2, 0.25) is 0 Å². The van der Waals surface area contributed by atoms with Crippen molar-refractivity contribution in [3.8, 4) is 0 Å². The zero-order valence-corrected chi connectivity index (χ0v) is 13.4. The van der Waals surface area contributed by atoms with Crippen LogP contribution in [0.1, 0.15) is 26.7 Å². The van der Waals surface area contributed by atoms with E-state index in [9.17, 15) is 14.4 Å². The highest BCUT2D eigenvalue weighted by atomic mass is 16.4. The number of aliphatic carboxylic acids is 1. The molecule has 2 atom stereocenters. The summed E-state index contributed by atoms with van der Waals surface area (Å²) in [6.07, 6.45) is 0.876. The molecule has 0 aliphatic rings. The van der Waals surface area contributed by atoms with E-state index in [1.807, 2.05) is 0 Å². The number of amides is 2. The highest BCUT2D eigenvalue weighted by Gasteiger charge is 2.23. The number of carboxylic acids is 1. The number of nitrogens with two attached hydrogens (primary N) is 3. The lowest BCUT2D eigenvalue weighted by atomic mass is 10.0. The fraction of sp³-hybridized carbons (Fsp3) is 0.692. The Morgan fingerprint density at radius 1 is 1.22 bits per heavy atom. The summed E-state index contributed by atoms with van der Waals surface area (Å²) in [5, 5.41) is 13.7. The van der Waals surface area contributed by atoms with Crippen molar-refractivity contribution in [3.05, 3.63) is 0 Å². The molecular formula is C13H26N6O4. The van der Waals surface area contributed by atoms with Gasteiger partial charge in [-0.2, -0.15) is 0 Å². The molecule has 0 saturated heterocycles. The van der Waals surface area contributed by atoms with E-state index in [0.29, 0.717) is 19.4 Å². The summed E-state index contributed by atoms with van der Waals surface area (Å²) in [6.45, 7) is 3.36. The molecule has 0 spiro atoms. The second-order valence-corrected chi connectivity index (χ2v) is 5.40. The van der Waals surface area contributed by atoms with Crippen molar-refractivity contribution in [2.24, 2.45) is 28.1 Å². The van der Waals surface area contributed by atoms with Crippen LogP contribution in [0.25, 0.3) is 0 Å². The van der Waals surface area contributed by atoms with E-state index in [0.717, 1.165) is 0 Å². The lowest BCUT2D eigenvalue weighted by Gasteiger charge is -2.18. The van der Waals surface area contributed by atoms with Crippen LogP contribution in [0.4, 0.5) is 0 Å². The molecule has 0 aliphatic heterocycles. The van der Waals surface area contributed by atoms with Gasteiger partial charge in [-0.05, 0) is 18.8 Å². The van der Waals surface area contributed by atoms with E-state index >= 15 is 0 Å². The van der Waals surface area contributed by atoms with Gasteiger partial charge in [0.05, 0.1) is 12.6 Å². The summed E-state index contributed by atoms with van der Waals surface area (Å²) in [6, 6.07) is -1.80. The van der Waals surface area contributed by atoms with E-state index in [1.54, 1.807) is 13.8 Å². The van der Waals surface area contributed by atoms with Gasteiger partial charge in [0, 0.05) is 6.54 Å². The summed E-state index contributed by atoms with van der Waals surface area (Å²) in [7, 11) is 0. The Hall–Kier alpha value is -2.36. The highest BCUT2D eigenvalue weighted by molar-refractivity contribution is 5.89. The number of hydrogen-bond acceptors (Lipinski definition) is 5. The van der Waals surface area contributed by atoms with Gasteiger partial charge >= 0.3 is 5.97 Å². The summed E-state index contributed by atoms with van der Waals surface area (Å²) in [5.41, 5.74) is 16.0. The van der Waals surface area contributed by atoms with Crippen LogP contribution in [0.15, 0.2) is 4.99 Å². The number of hydrogen-bond donors (Lipinski definition) is 6. The molecule has 132 valence electrons. The number of nitrogens with zero attached hydrogens (tertiary/aromatic N) is 1. The average Bonchev–Trinajstić information content (AvgIpc) is 2.45. The van der Waals surface area contributed by atoms with Gasteiger partial charge in [-0.15, -0.1) is 0 Å². The molecule has 0 aromatic heterocycles. The van der Waals surface area contributed by atoms with E-state index in [4.69, 9.17) is 22.3 Å². The Morgan fingerprint density at radius 2 is 1.83 bits per heavy atom. The maximum atomic E-state index is 11.7. The van der Waals surface area contributed by atoms with Crippen LogP contribution in [-0.2, 0) is 14.4 Å². The van der Waals surface area contributed by atoms with E-state index in [2.05, 4.69) is 15.6 Å². The van der Waals surface area contributed by atoms with Gasteiger partial charge in [0.2, 0.25) is 11.8 Å². The molecule has 0 saturated carbocycles. The average molecular weight is 330 g/mol. The van der Waals surface area contributed by atoms with Crippen molar-refractivity contribution >= 4 is 23.7 Å². The summed E-state index contributed by atoms with van der Waals surface area (Å²) >= 11 is 0. The predicted molar refractivity (Wildman–Crippen MR) is 85.3 cm³/mol. The van der Waals surface area contributed by atoms with Crippen LogP contribution < -0.4 is 27.8 Å². The molecule has 0 aromatic carbocycles. The Balaban J connectivity index is 4.14. The monoisotopic (exact) mass is 330 g/mol. The van der Waals surface area contributed by atoms with Crippen LogP contribution in [0.5, 0.6) is 0 Å². The number of carbonyl (C=O) groups is 3. The van der Waals surface area contributed by atoms with Crippen molar-refractivity contribution in [2.45, 2.75) is 38.8 Å². The predicted octanol–water partition coefficient (Wildman–Crippen LogP) is -2.29. The smallest absolute Gasteiger partial charge is 0.326 e. The van der Waals surface area contributed by atoms with Crippen LogP contribution >= 0.6 is 0 Å². The Morgan fingerprint density at radius 3 is 2.30 bits per heavy atom. The van der Waals surface area contributed by atoms with Gasteiger partial charge in [-0.3, -0.25) is 14.6 Å². The molecule has 0 rings (SSSR count). The lowest BCUT2D eigenvalue weighted by Crippen LogP contribution is -2.50. The van der Waals surface area contributed by atoms with Crippen molar-refractivity contribution in [1.82, 2.24) is 10.6 Å². The standard InChI is InChI=1S/C13H26N6O4/c1-7(2)10(12(22)23)19-9(20)6-18-11(21)8(14)4-3-5-17-13(15)16/h7-8,10H,3-6,14H2,1-2H3,(H,18,21)(H,19,20)(H,22,23)(H4,15,16,17). The summed E-state index contributed by atoms with van der Waals surface area (Å²) in [4.78, 5) is 38.1. The van der Waals surface area contributed by atoms with Crippen molar-refractivity contribution in [2.75, 3.05) is 13.1 Å². The first-order valence-corrected chi connectivity index (χ1v) is 7.26. The zero-order valence-electron chi connectivity index (χ0n) is 13.4. The molecule has 0 heterocycles. The van der Waals surface area contributed by atoms with E-state index < -0.39 is 29.9 Å². The first-order valence-electron chi connectivity index (χ1n) is 7.26. The normalized spacial score (nSPS) is 13.0. The van der Waals surface area contributed by atoms with Crippen molar-refractivity contribution < 1.29 is 19.5 Å². The Bertz CT molecular complexity index is 448. The Kier molecular flexibility index (Phi) is 9.31. The molecule has 0 aromatic rings. The largest absolute Gasteiger partial charge is 0.480 e. The fourth-order valence-electron chi connectivity index (χ4n) is 1.69. The van der Waals surface area contributed by atoms with Crippen LogP contribution in [-0.4, -0.2) is 54.0 Å². The van der Waals surface area contributed by atoms with E-state index in [1.165, 1.54) is 0 Å². The molecule has 10 heteroatoms. The number of carbonyl (C=O) groups excluding carboxylic acids is 2. The topological polar surface area (TPSA) is 186 Å². The SMILES string of the molecule is CC(C)C(NC(=O)CNC(=O)C(N)CCCN=C(N)N)C(=O)O. The van der Waals surface area contributed by atoms with Crippen LogP contribution in [0.3, 0.4) is 0 Å². The van der Waals surface area contributed by atoms with Crippen molar-refractivity contribution in [3.63, 3.8) is 0 Å². The summed E-state index contributed by atoms with van der Waals surface area (Å²) < 4.78 is 0. The molecule has 9 N–H and O–H groups in total. The maximum absolute atomic E-state index is 11.7. The van der Waals surface area contributed by atoms with Gasteiger partial charge in [-0.25, -0.2) is 4.79 Å². The molecule has 0 fully saturated rings. The third-order valence-electron chi connectivity index (χ3n) is 2.98. The minimum Gasteiger partial charge on any atom is -0.480 e. The molecule has 0 radical (unpaired) electrons. The van der Waals surface area contributed by atoms with Gasteiger partial charge in [0.1, 0.15) is 6.04 Å². The Labute approximate surface area is 134 Å². The number of nitrogens with one attached hydrogen (secondary N) is 2. The molecular weight excluding hydrogens is 304 g/mol. The van der Waals surface area contributed by atoms with Gasteiger partial charge in [0.15, 0.2) is 5.96 Å². The van der Waals surface area contributed by atoms with E-state index in [-0.39, 0.29) is 18.4 Å². The second kappa shape index (κ2) is 10.4. The molecule has 2 amide bonds. The first-order chi connectivity index (χ1) is 10.6. The maximum Gasteiger partial charge on any atom is 0.326 e. The number of guanidine groups is 1. The molecule has 2 unspecified atom stereocenters. The highest BCUT2D eigenvalue weighted by Crippen LogP contribution is 2.01. The fourth-order valence-corrected chi connectivity index (χ4v) is 1.69. The minimum absolute atomic E-state index is 0.0298. The molecule has 0 aliphatic carbocycles. The third kappa shape index (κ3) is 9.30. The minimum atomic E-state index is -1.13. The quantitative estimate of drug-likeness (QED) is 0.148. The third-order valence-corrected chi connectivity index (χ3v) is 2.98. The molecule has 10 nitrogen and oxygen atoms in total. The molecule has 0 bridgehead atoms. The number of carboxylic acid groups (broad SMARTS) is 1. The lowest BCUT2D eigenvalue weighted by molar-refractivity contribution is -0.143. The number of rotatable bonds is 10. The number of aliphatic imine (C=N–C) groups is 1. The zero-order chi connectivity index (χ0) is 18.0. The summed E-state index contributed by atoms with van der Waals surface area (Å²) in [5.74, 6) is -2.52. The van der Waals surface area contributed by atoms with Gasteiger partial charge in [0.25, 0.3) is 0 Å². The molecule has 23 heavy (non-hydrogen) atoms. The van der Waals surface area contributed by atoms with Crippen LogP contribution in [0, 0.1) is 5.92 Å². The first kappa shape index (κ1) is 20.6. The van der Waals surface area contributed by atoms with Crippen molar-refractivity contribution in [1.29, 1.82) is 0 Å².